The molecule has 2 heterocycles. The van der Waals surface area contributed by atoms with Gasteiger partial charge in [0.05, 0.1) is 19.1 Å². The van der Waals surface area contributed by atoms with E-state index in [0.717, 1.165) is 27.1 Å². The van der Waals surface area contributed by atoms with Gasteiger partial charge in [-0.15, -0.1) is 0 Å². The number of hydrogen-bond donors (Lipinski definition) is 4. The number of aliphatic hydroxyl groups is 1. The van der Waals surface area contributed by atoms with Crippen LogP contribution in [-0.4, -0.2) is 70.1 Å². The van der Waals surface area contributed by atoms with Gasteiger partial charge in [-0.3, -0.25) is 14.5 Å². The summed E-state index contributed by atoms with van der Waals surface area (Å²) in [5.41, 5.74) is 2.04. The Labute approximate surface area is 173 Å². The zero-order valence-electron chi connectivity index (χ0n) is 16.3. The van der Waals surface area contributed by atoms with Gasteiger partial charge < -0.3 is 20.7 Å². The Balaban J connectivity index is 1.54. The molecule has 1 aliphatic heterocycles. The Bertz CT molecular complexity index is 884. The van der Waals surface area contributed by atoms with Gasteiger partial charge in [0.2, 0.25) is 5.91 Å². The SMILES string of the molecule is CSCC[C@H](CO)NC(=O)C[C@H]1NC(=O)N(CCc2c[nH]c3ccccc23)C1=O. The Morgan fingerprint density at radius 3 is 2.90 bits per heavy atom. The summed E-state index contributed by atoms with van der Waals surface area (Å²) < 4.78 is 0. The molecule has 9 heteroatoms. The van der Waals surface area contributed by atoms with Crippen molar-refractivity contribution in [1.82, 2.24) is 20.5 Å². The summed E-state index contributed by atoms with van der Waals surface area (Å²) >= 11 is 1.63. The van der Waals surface area contributed by atoms with E-state index in [-0.39, 0.29) is 31.5 Å². The molecule has 1 saturated heterocycles. The van der Waals surface area contributed by atoms with Gasteiger partial charge in [0.1, 0.15) is 6.04 Å². The lowest BCUT2D eigenvalue weighted by Crippen LogP contribution is -2.42. The summed E-state index contributed by atoms with van der Waals surface area (Å²) in [5.74, 6) is 0.0589. The number of para-hydroxylation sites is 1. The molecule has 4 N–H and O–H groups in total. The predicted molar refractivity (Wildman–Crippen MR) is 113 cm³/mol. The van der Waals surface area contributed by atoms with Crippen molar-refractivity contribution >= 4 is 40.5 Å². The molecule has 1 aromatic heterocycles. The summed E-state index contributed by atoms with van der Waals surface area (Å²) in [4.78, 5) is 41.4. The van der Waals surface area contributed by atoms with Crippen molar-refractivity contribution < 1.29 is 19.5 Å². The van der Waals surface area contributed by atoms with Gasteiger partial charge in [0.25, 0.3) is 5.91 Å². The second kappa shape index (κ2) is 9.80. The second-order valence-electron chi connectivity index (χ2n) is 7.03. The molecule has 0 aliphatic carbocycles. The van der Waals surface area contributed by atoms with Crippen LogP contribution >= 0.6 is 11.8 Å². The minimum atomic E-state index is -0.870. The first-order valence-electron chi connectivity index (χ1n) is 9.59. The van der Waals surface area contributed by atoms with Crippen LogP contribution in [0.1, 0.15) is 18.4 Å². The average molecular weight is 419 g/mol. The van der Waals surface area contributed by atoms with Gasteiger partial charge in [0, 0.05) is 23.6 Å². The van der Waals surface area contributed by atoms with E-state index < -0.39 is 18.0 Å². The number of rotatable bonds is 10. The third kappa shape index (κ3) is 5.10. The average Bonchev–Trinajstić information content (AvgIpc) is 3.24. The van der Waals surface area contributed by atoms with Gasteiger partial charge in [-0.1, -0.05) is 18.2 Å². The molecule has 1 aliphatic rings. The number of H-pyrrole nitrogens is 1. The lowest BCUT2D eigenvalue weighted by molar-refractivity contribution is -0.131. The number of benzene rings is 1. The van der Waals surface area contributed by atoms with Crippen molar-refractivity contribution in [3.63, 3.8) is 0 Å². The lowest BCUT2D eigenvalue weighted by atomic mass is 10.1. The van der Waals surface area contributed by atoms with E-state index in [1.165, 1.54) is 0 Å². The summed E-state index contributed by atoms with van der Waals surface area (Å²) in [6.07, 6.45) is 4.88. The highest BCUT2D eigenvalue weighted by Crippen LogP contribution is 2.19. The van der Waals surface area contributed by atoms with E-state index in [9.17, 15) is 19.5 Å². The summed E-state index contributed by atoms with van der Waals surface area (Å²) in [6, 6.07) is 6.16. The number of nitrogens with one attached hydrogen (secondary N) is 3. The molecule has 3 rings (SSSR count). The van der Waals surface area contributed by atoms with Crippen LogP contribution in [0.25, 0.3) is 10.9 Å². The molecule has 1 fully saturated rings. The van der Waals surface area contributed by atoms with Crippen LogP contribution in [-0.2, 0) is 16.0 Å². The summed E-state index contributed by atoms with van der Waals surface area (Å²) in [5, 5.41) is 15.7. The van der Waals surface area contributed by atoms with Crippen molar-refractivity contribution in [2.45, 2.75) is 31.3 Å². The van der Waals surface area contributed by atoms with Crippen LogP contribution in [0.15, 0.2) is 30.5 Å². The second-order valence-corrected chi connectivity index (χ2v) is 8.02. The predicted octanol–water partition coefficient (Wildman–Crippen LogP) is 1.25. The van der Waals surface area contributed by atoms with E-state index >= 15 is 0 Å². The van der Waals surface area contributed by atoms with E-state index in [1.54, 1.807) is 11.8 Å². The number of carbonyl (C=O) groups is 3. The fourth-order valence-electron chi connectivity index (χ4n) is 3.44. The van der Waals surface area contributed by atoms with Crippen molar-refractivity contribution in [3.05, 3.63) is 36.0 Å². The molecule has 8 nitrogen and oxygen atoms in total. The Morgan fingerprint density at radius 1 is 1.34 bits per heavy atom. The number of hydrogen-bond acceptors (Lipinski definition) is 5. The van der Waals surface area contributed by atoms with Gasteiger partial charge in [-0.25, -0.2) is 4.79 Å². The fraction of sp³-hybridized carbons (Fsp3) is 0.450. The maximum Gasteiger partial charge on any atom is 0.324 e. The topological polar surface area (TPSA) is 115 Å². The molecule has 2 aromatic rings. The standard InChI is InChI=1S/C20H26N4O4S/c1-29-9-7-14(12-25)22-18(26)10-17-19(27)24(20(28)23-17)8-6-13-11-21-16-5-3-2-4-15(13)16/h2-5,11,14,17,21,25H,6-10,12H2,1H3,(H,22,26)(H,23,28)/t14-,17-/m1/s1. The first-order valence-corrected chi connectivity index (χ1v) is 11.0. The third-order valence-corrected chi connectivity index (χ3v) is 5.68. The van der Waals surface area contributed by atoms with Crippen molar-refractivity contribution in [1.29, 1.82) is 0 Å². The monoisotopic (exact) mass is 418 g/mol. The van der Waals surface area contributed by atoms with Crippen LogP contribution in [0.2, 0.25) is 0 Å². The van der Waals surface area contributed by atoms with Crippen LogP contribution in [0, 0.1) is 0 Å². The number of aromatic amines is 1. The molecule has 4 amide bonds. The lowest BCUT2D eigenvalue weighted by Gasteiger charge is -2.17. The number of thioether (sulfide) groups is 1. The van der Waals surface area contributed by atoms with Gasteiger partial charge in [-0.05, 0) is 36.5 Å². The number of amides is 4. The minimum absolute atomic E-state index is 0.135. The molecule has 0 saturated carbocycles. The number of fused-ring (bicyclic) bond motifs is 1. The first kappa shape index (κ1) is 21.2. The van der Waals surface area contributed by atoms with Gasteiger partial charge in [-0.2, -0.15) is 11.8 Å². The van der Waals surface area contributed by atoms with Crippen molar-refractivity contribution in [3.8, 4) is 0 Å². The highest BCUT2D eigenvalue weighted by atomic mass is 32.2. The van der Waals surface area contributed by atoms with E-state index in [1.807, 2.05) is 36.7 Å². The summed E-state index contributed by atoms with van der Waals surface area (Å²) in [6.45, 7) is 0.0889. The number of urea groups is 1. The van der Waals surface area contributed by atoms with Gasteiger partial charge >= 0.3 is 6.03 Å². The molecule has 2 atom stereocenters. The van der Waals surface area contributed by atoms with E-state index in [2.05, 4.69) is 15.6 Å². The number of aromatic nitrogens is 1. The number of imide groups is 1. The smallest absolute Gasteiger partial charge is 0.324 e. The fourth-order valence-corrected chi connectivity index (χ4v) is 3.96. The first-order chi connectivity index (χ1) is 14.0. The molecule has 0 unspecified atom stereocenters. The quantitative estimate of drug-likeness (QED) is 0.434. The largest absolute Gasteiger partial charge is 0.394 e. The molecule has 29 heavy (non-hydrogen) atoms. The zero-order chi connectivity index (χ0) is 20.8. The number of nitrogens with zero attached hydrogens (tertiary/aromatic N) is 1. The number of carbonyl (C=O) groups excluding carboxylic acids is 3. The molecule has 0 bridgehead atoms. The van der Waals surface area contributed by atoms with Crippen LogP contribution in [0.3, 0.4) is 0 Å². The van der Waals surface area contributed by atoms with Crippen LogP contribution in [0.5, 0.6) is 0 Å². The Hall–Kier alpha value is -2.52. The molecular weight excluding hydrogens is 392 g/mol. The summed E-state index contributed by atoms with van der Waals surface area (Å²) in [7, 11) is 0. The zero-order valence-corrected chi connectivity index (χ0v) is 17.1. The van der Waals surface area contributed by atoms with Crippen molar-refractivity contribution in [2.75, 3.05) is 25.2 Å². The van der Waals surface area contributed by atoms with Gasteiger partial charge in [0.15, 0.2) is 0 Å². The maximum atomic E-state index is 12.6. The van der Waals surface area contributed by atoms with Crippen LogP contribution < -0.4 is 10.6 Å². The molecular formula is C20H26N4O4S. The van der Waals surface area contributed by atoms with Crippen LogP contribution in [0.4, 0.5) is 4.79 Å². The number of aliphatic hydroxyl groups excluding tert-OH is 1. The molecule has 0 radical (unpaired) electrons. The molecule has 1 aromatic carbocycles. The normalized spacial score (nSPS) is 17.6. The highest BCUT2D eigenvalue weighted by molar-refractivity contribution is 7.98. The van der Waals surface area contributed by atoms with Crippen molar-refractivity contribution in [2.24, 2.45) is 0 Å². The Kier molecular flexibility index (Phi) is 7.16. The highest BCUT2D eigenvalue weighted by Gasteiger charge is 2.38. The van der Waals surface area contributed by atoms with E-state index in [4.69, 9.17) is 0 Å². The maximum absolute atomic E-state index is 12.6. The molecule has 0 spiro atoms. The van der Waals surface area contributed by atoms with E-state index in [0.29, 0.717) is 12.8 Å². The third-order valence-electron chi connectivity index (χ3n) is 5.03. The molecule has 156 valence electrons. The Morgan fingerprint density at radius 2 is 2.14 bits per heavy atom. The minimum Gasteiger partial charge on any atom is -0.394 e.